The maximum Gasteiger partial charge on any atom is 0.307 e. The van der Waals surface area contributed by atoms with Crippen LogP contribution >= 0.6 is 0 Å². The van der Waals surface area contributed by atoms with E-state index in [1.165, 1.54) is 167 Å². The smallest absolute Gasteiger partial charge is 0.307 e. The van der Waals surface area contributed by atoms with Gasteiger partial charge in [-0.1, -0.05) is 165 Å². The van der Waals surface area contributed by atoms with Crippen LogP contribution in [0.2, 0.25) is 0 Å². The number of hydrogen-bond donors (Lipinski definition) is 0. The molecule has 280 valence electrons. The van der Waals surface area contributed by atoms with Crippen LogP contribution in [0.5, 0.6) is 0 Å². The van der Waals surface area contributed by atoms with Crippen molar-refractivity contribution in [2.45, 2.75) is 207 Å². The Morgan fingerprint density at radius 2 is 0.750 bits per heavy atom. The van der Waals surface area contributed by atoms with Crippen LogP contribution in [0.25, 0.3) is 0 Å². The second kappa shape index (κ2) is 41.6. The number of ether oxygens (including phenoxy) is 1. The highest BCUT2D eigenvalue weighted by Gasteiger charge is 2.09. The van der Waals surface area contributed by atoms with E-state index < -0.39 is 0 Å². The molecule has 0 aliphatic rings. The van der Waals surface area contributed by atoms with Gasteiger partial charge in [-0.05, 0) is 97.1 Å². The highest BCUT2D eigenvalue weighted by atomic mass is 16.5. The Balaban J connectivity index is 3.80. The SMILES string of the molecule is CCCCCC=CCC=CCCCCCCCCCCN(CCCCCCCCCCC=CCC=CCCCCC)CCC(=O)OCC. The average molecular weight is 670 g/mol. The summed E-state index contributed by atoms with van der Waals surface area (Å²) < 4.78 is 5.20. The van der Waals surface area contributed by atoms with Gasteiger partial charge in [0.15, 0.2) is 0 Å². The van der Waals surface area contributed by atoms with Crippen LogP contribution in [0.15, 0.2) is 48.6 Å². The molecule has 0 bridgehead atoms. The van der Waals surface area contributed by atoms with Crippen molar-refractivity contribution in [2.24, 2.45) is 0 Å². The third-order valence-electron chi connectivity index (χ3n) is 9.29. The summed E-state index contributed by atoms with van der Waals surface area (Å²) in [5.74, 6) is -0.0437. The zero-order chi connectivity index (χ0) is 34.9. The van der Waals surface area contributed by atoms with Gasteiger partial charge in [0.05, 0.1) is 13.0 Å². The molecule has 0 aliphatic heterocycles. The van der Waals surface area contributed by atoms with Crippen molar-refractivity contribution < 1.29 is 9.53 Å². The Morgan fingerprint density at radius 3 is 1.10 bits per heavy atom. The van der Waals surface area contributed by atoms with Crippen LogP contribution in [0.1, 0.15) is 207 Å². The molecular formula is C45H83NO2. The molecule has 0 rings (SSSR count). The van der Waals surface area contributed by atoms with E-state index in [2.05, 4.69) is 67.4 Å². The van der Waals surface area contributed by atoms with Gasteiger partial charge in [0, 0.05) is 6.54 Å². The van der Waals surface area contributed by atoms with Gasteiger partial charge in [0.1, 0.15) is 0 Å². The predicted molar refractivity (Wildman–Crippen MR) is 215 cm³/mol. The van der Waals surface area contributed by atoms with Gasteiger partial charge in [0.2, 0.25) is 0 Å². The van der Waals surface area contributed by atoms with Crippen LogP contribution in [0.4, 0.5) is 0 Å². The van der Waals surface area contributed by atoms with Crippen LogP contribution in [0.3, 0.4) is 0 Å². The molecule has 0 atom stereocenters. The fourth-order valence-corrected chi connectivity index (χ4v) is 6.17. The number of unbranched alkanes of at least 4 members (excludes halogenated alkanes) is 22. The Hall–Kier alpha value is -1.61. The molecule has 0 aromatic carbocycles. The first-order valence-electron chi connectivity index (χ1n) is 21.2. The van der Waals surface area contributed by atoms with Crippen molar-refractivity contribution in [3.63, 3.8) is 0 Å². The Labute approximate surface area is 301 Å². The standard InChI is InChI=1S/C45H83NO2/c1-4-7-9-11-13-15-17-19-21-23-25-27-29-31-33-35-37-39-42-46(44-41-45(47)48-6-3)43-40-38-36-34-32-30-28-26-24-22-20-18-16-14-12-10-8-5-2/h13-16,19-22H,4-12,17-18,23-44H2,1-3H3. The summed E-state index contributed by atoms with van der Waals surface area (Å²) in [6.07, 6.45) is 56.0. The lowest BCUT2D eigenvalue weighted by molar-refractivity contribution is -0.143. The number of rotatable bonds is 38. The molecule has 0 N–H and O–H groups in total. The van der Waals surface area contributed by atoms with Crippen LogP contribution in [0, 0.1) is 0 Å². The van der Waals surface area contributed by atoms with E-state index in [1.54, 1.807) is 0 Å². The third kappa shape index (κ3) is 38.8. The van der Waals surface area contributed by atoms with Gasteiger partial charge in [-0.3, -0.25) is 4.79 Å². The molecule has 0 radical (unpaired) electrons. The second-order valence-corrected chi connectivity index (χ2v) is 14.0. The van der Waals surface area contributed by atoms with E-state index in [4.69, 9.17) is 4.74 Å². The first kappa shape index (κ1) is 46.4. The van der Waals surface area contributed by atoms with E-state index in [0.717, 1.165) is 32.5 Å². The van der Waals surface area contributed by atoms with Crippen molar-refractivity contribution in [2.75, 3.05) is 26.2 Å². The number of nitrogens with zero attached hydrogens (tertiary/aromatic N) is 1. The molecule has 0 saturated heterocycles. The summed E-state index contributed by atoms with van der Waals surface area (Å²) in [6, 6.07) is 0. The molecule has 3 heteroatoms. The lowest BCUT2D eigenvalue weighted by Crippen LogP contribution is -2.29. The van der Waals surface area contributed by atoms with E-state index >= 15 is 0 Å². The van der Waals surface area contributed by atoms with E-state index in [1.807, 2.05) is 6.92 Å². The van der Waals surface area contributed by atoms with Crippen molar-refractivity contribution in [1.82, 2.24) is 4.90 Å². The minimum atomic E-state index is -0.0437. The Bertz CT molecular complexity index is 700. The molecule has 0 amide bonds. The lowest BCUT2D eigenvalue weighted by Gasteiger charge is -2.22. The first-order valence-corrected chi connectivity index (χ1v) is 21.2. The highest BCUT2D eigenvalue weighted by Crippen LogP contribution is 2.13. The number of esters is 1. The molecule has 0 aromatic rings. The number of allylic oxidation sites excluding steroid dienone is 8. The summed E-state index contributed by atoms with van der Waals surface area (Å²) in [5, 5.41) is 0. The molecule has 0 heterocycles. The molecule has 48 heavy (non-hydrogen) atoms. The van der Waals surface area contributed by atoms with Crippen molar-refractivity contribution >= 4 is 5.97 Å². The van der Waals surface area contributed by atoms with E-state index in [-0.39, 0.29) is 5.97 Å². The van der Waals surface area contributed by atoms with Gasteiger partial charge < -0.3 is 9.64 Å². The second-order valence-electron chi connectivity index (χ2n) is 14.0. The molecule has 0 fully saturated rings. The highest BCUT2D eigenvalue weighted by molar-refractivity contribution is 5.69. The van der Waals surface area contributed by atoms with Crippen molar-refractivity contribution in [3.05, 3.63) is 48.6 Å². The molecule has 3 nitrogen and oxygen atoms in total. The summed E-state index contributed by atoms with van der Waals surface area (Å²) in [4.78, 5) is 14.5. The van der Waals surface area contributed by atoms with Gasteiger partial charge in [-0.2, -0.15) is 0 Å². The zero-order valence-corrected chi connectivity index (χ0v) is 32.7. The van der Waals surface area contributed by atoms with Crippen molar-refractivity contribution in [1.29, 1.82) is 0 Å². The van der Waals surface area contributed by atoms with E-state index in [0.29, 0.717) is 13.0 Å². The molecule has 0 spiro atoms. The van der Waals surface area contributed by atoms with Crippen molar-refractivity contribution in [3.8, 4) is 0 Å². The van der Waals surface area contributed by atoms with E-state index in [9.17, 15) is 4.79 Å². The minimum Gasteiger partial charge on any atom is -0.466 e. The number of hydrogen-bond acceptors (Lipinski definition) is 3. The van der Waals surface area contributed by atoms with Crippen LogP contribution in [-0.4, -0.2) is 37.1 Å². The quantitative estimate of drug-likeness (QED) is 0.0372. The Kier molecular flexibility index (Phi) is 40.2. The predicted octanol–water partition coefficient (Wildman–Crippen LogP) is 14.4. The topological polar surface area (TPSA) is 29.5 Å². The molecule has 0 saturated carbocycles. The van der Waals surface area contributed by atoms with Gasteiger partial charge in [0.25, 0.3) is 0 Å². The molecular weight excluding hydrogens is 587 g/mol. The van der Waals surface area contributed by atoms with Crippen LogP contribution < -0.4 is 0 Å². The van der Waals surface area contributed by atoms with Gasteiger partial charge in [-0.25, -0.2) is 0 Å². The Morgan fingerprint density at radius 1 is 0.417 bits per heavy atom. The molecule has 0 aromatic heterocycles. The number of carbonyl (C=O) groups excluding carboxylic acids is 1. The number of carbonyl (C=O) groups is 1. The summed E-state index contributed by atoms with van der Waals surface area (Å²) in [5.41, 5.74) is 0. The van der Waals surface area contributed by atoms with Crippen LogP contribution in [-0.2, 0) is 9.53 Å². The monoisotopic (exact) mass is 670 g/mol. The first-order chi connectivity index (χ1) is 23.7. The normalized spacial score (nSPS) is 12.2. The summed E-state index contributed by atoms with van der Waals surface area (Å²) >= 11 is 0. The zero-order valence-electron chi connectivity index (χ0n) is 32.7. The lowest BCUT2D eigenvalue weighted by atomic mass is 10.1. The minimum absolute atomic E-state index is 0.0437. The molecule has 0 unspecified atom stereocenters. The fraction of sp³-hybridized carbons (Fsp3) is 0.800. The third-order valence-corrected chi connectivity index (χ3v) is 9.29. The summed E-state index contributed by atoms with van der Waals surface area (Å²) in [6.45, 7) is 10.0. The van der Waals surface area contributed by atoms with Gasteiger partial charge >= 0.3 is 5.97 Å². The molecule has 0 aliphatic carbocycles. The fourth-order valence-electron chi connectivity index (χ4n) is 6.17. The van der Waals surface area contributed by atoms with Gasteiger partial charge in [-0.15, -0.1) is 0 Å². The average Bonchev–Trinajstić information content (AvgIpc) is 3.09. The summed E-state index contributed by atoms with van der Waals surface area (Å²) in [7, 11) is 0. The maximum absolute atomic E-state index is 12.0. The maximum atomic E-state index is 12.0. The largest absolute Gasteiger partial charge is 0.466 e.